The first-order valence-electron chi connectivity index (χ1n) is 4.35. The third-order valence-corrected chi connectivity index (χ3v) is 1.40. The lowest BCUT2D eigenvalue weighted by atomic mass is 10.0. The summed E-state index contributed by atoms with van der Waals surface area (Å²) in [6, 6.07) is 0. The Hall–Kier alpha value is -1.12. The van der Waals surface area contributed by atoms with Crippen molar-refractivity contribution in [3.8, 4) is 0 Å². The predicted molar refractivity (Wildman–Crippen MR) is 57.9 cm³/mol. The molecule has 0 atom stereocenters. The number of hydrogen-bond donors (Lipinski definition) is 1. The molecule has 0 aliphatic carbocycles. The lowest BCUT2D eigenvalue weighted by Crippen LogP contribution is -2.43. The number of aliphatic imine (C=N–C) groups is 1. The molecule has 0 aromatic heterocycles. The number of hydrogen-bond acceptors (Lipinski definition) is 2. The number of nitrogens with zero attached hydrogens (tertiary/aromatic N) is 1. The summed E-state index contributed by atoms with van der Waals surface area (Å²) in [4.78, 5) is 14.3. The van der Waals surface area contributed by atoms with Gasteiger partial charge < -0.3 is 5.32 Å². The third-order valence-electron chi connectivity index (χ3n) is 1.40. The minimum atomic E-state index is -0.492. The van der Waals surface area contributed by atoms with Crippen LogP contribution in [0, 0.1) is 0 Å². The zero-order chi connectivity index (χ0) is 11.1. The largest absolute Gasteiger partial charge is 0.346 e. The first-order valence-corrected chi connectivity index (χ1v) is 4.35. The summed E-state index contributed by atoms with van der Waals surface area (Å²) in [5.41, 5.74) is 0.0702. The maximum Gasteiger partial charge on any atom is 0.217 e. The van der Waals surface area contributed by atoms with Gasteiger partial charge in [-0.2, -0.15) is 0 Å². The van der Waals surface area contributed by atoms with Crippen molar-refractivity contribution in [3.05, 3.63) is 12.3 Å². The van der Waals surface area contributed by atoms with Crippen molar-refractivity contribution in [1.82, 2.24) is 5.32 Å². The van der Waals surface area contributed by atoms with Crippen LogP contribution in [0.15, 0.2) is 17.3 Å². The summed E-state index contributed by atoms with van der Waals surface area (Å²) >= 11 is 0. The van der Waals surface area contributed by atoms with E-state index in [-0.39, 0.29) is 5.91 Å². The highest BCUT2D eigenvalue weighted by molar-refractivity contribution is 5.74. The van der Waals surface area contributed by atoms with Crippen LogP contribution < -0.4 is 5.32 Å². The van der Waals surface area contributed by atoms with Gasteiger partial charge >= 0.3 is 0 Å². The normalized spacial score (nSPS) is 9.31. The van der Waals surface area contributed by atoms with E-state index in [1.54, 1.807) is 0 Å². The summed E-state index contributed by atoms with van der Waals surface area (Å²) in [5.74, 6) is -0.0974. The van der Waals surface area contributed by atoms with Gasteiger partial charge in [0, 0.05) is 6.92 Å². The van der Waals surface area contributed by atoms with Gasteiger partial charge in [0.05, 0.1) is 11.2 Å². The van der Waals surface area contributed by atoms with Gasteiger partial charge in [0.1, 0.15) is 0 Å². The summed E-state index contributed by atoms with van der Waals surface area (Å²) in [6.07, 6.45) is 0. The molecule has 0 aromatic carbocycles. The minimum absolute atomic E-state index is 0.0974. The van der Waals surface area contributed by atoms with E-state index in [1.807, 2.05) is 27.7 Å². The number of amides is 1. The van der Waals surface area contributed by atoms with Crippen LogP contribution in [0.4, 0.5) is 0 Å². The smallest absolute Gasteiger partial charge is 0.217 e. The second kappa shape index (κ2) is 6.40. The van der Waals surface area contributed by atoms with Crippen molar-refractivity contribution in [2.24, 2.45) is 4.99 Å². The van der Waals surface area contributed by atoms with Crippen molar-refractivity contribution in [2.75, 3.05) is 0 Å². The SMILES string of the molecule is C=NC(=C)C(C)(C)NC(C)=O.CC. The molecule has 0 unspecified atom stereocenters. The summed E-state index contributed by atoms with van der Waals surface area (Å²) in [7, 11) is 0. The topological polar surface area (TPSA) is 41.5 Å². The van der Waals surface area contributed by atoms with Crippen LogP contribution >= 0.6 is 0 Å². The zero-order valence-corrected chi connectivity index (χ0v) is 9.27. The molecule has 1 amide bonds. The Morgan fingerprint density at radius 2 is 1.77 bits per heavy atom. The maximum atomic E-state index is 10.7. The fourth-order valence-corrected chi connectivity index (χ4v) is 0.710. The van der Waals surface area contributed by atoms with Gasteiger partial charge in [-0.25, -0.2) is 0 Å². The Morgan fingerprint density at radius 1 is 1.38 bits per heavy atom. The molecule has 0 fully saturated rings. The number of carbonyl (C=O) groups is 1. The van der Waals surface area contributed by atoms with Gasteiger partial charge in [0.15, 0.2) is 0 Å². The molecule has 0 aliphatic rings. The van der Waals surface area contributed by atoms with Crippen LogP contribution in [0.5, 0.6) is 0 Å². The van der Waals surface area contributed by atoms with Crippen LogP contribution in [0.1, 0.15) is 34.6 Å². The first kappa shape index (κ1) is 14.4. The Morgan fingerprint density at radius 3 is 2.00 bits per heavy atom. The van der Waals surface area contributed by atoms with Crippen molar-refractivity contribution in [1.29, 1.82) is 0 Å². The standard InChI is InChI=1S/C8H14N2O.C2H6/c1-6(9-5)8(3,4)10-7(2)11;1-2/h1,5H2,2-4H3,(H,10,11);1-2H3. The third kappa shape index (κ3) is 6.08. The van der Waals surface area contributed by atoms with E-state index < -0.39 is 5.54 Å². The molecule has 13 heavy (non-hydrogen) atoms. The van der Waals surface area contributed by atoms with Gasteiger partial charge in [0.25, 0.3) is 0 Å². The Labute approximate surface area is 80.9 Å². The Kier molecular flexibility index (Phi) is 7.09. The second-order valence-electron chi connectivity index (χ2n) is 2.91. The molecule has 0 saturated heterocycles. The van der Waals surface area contributed by atoms with E-state index in [2.05, 4.69) is 23.6 Å². The Bertz CT molecular complexity index is 195. The summed E-state index contributed by atoms with van der Waals surface area (Å²) in [6.45, 7) is 16.1. The van der Waals surface area contributed by atoms with Crippen LogP contribution in [0.25, 0.3) is 0 Å². The van der Waals surface area contributed by atoms with E-state index >= 15 is 0 Å². The molecule has 76 valence electrons. The summed E-state index contributed by atoms with van der Waals surface area (Å²) < 4.78 is 0. The zero-order valence-electron chi connectivity index (χ0n) is 9.27. The quantitative estimate of drug-likeness (QED) is 0.671. The lowest BCUT2D eigenvalue weighted by Gasteiger charge is -2.24. The highest BCUT2D eigenvalue weighted by atomic mass is 16.1. The van der Waals surface area contributed by atoms with Gasteiger partial charge in [-0.3, -0.25) is 9.79 Å². The average Bonchev–Trinajstić information content (AvgIpc) is 2.04. The molecule has 0 radical (unpaired) electrons. The van der Waals surface area contributed by atoms with Crippen molar-refractivity contribution < 1.29 is 4.79 Å². The predicted octanol–water partition coefficient (Wildman–Crippen LogP) is 2.14. The first-order chi connectivity index (χ1) is 5.90. The number of nitrogens with one attached hydrogen (secondary N) is 1. The number of rotatable bonds is 3. The number of carbonyl (C=O) groups excluding carboxylic acids is 1. The molecule has 0 heterocycles. The van der Waals surface area contributed by atoms with E-state index in [1.165, 1.54) is 6.92 Å². The maximum absolute atomic E-state index is 10.7. The lowest BCUT2D eigenvalue weighted by molar-refractivity contribution is -0.120. The van der Waals surface area contributed by atoms with E-state index in [0.29, 0.717) is 5.70 Å². The molecule has 0 bridgehead atoms. The van der Waals surface area contributed by atoms with E-state index in [9.17, 15) is 4.79 Å². The van der Waals surface area contributed by atoms with Crippen LogP contribution in [0.2, 0.25) is 0 Å². The average molecular weight is 184 g/mol. The molecule has 0 rings (SSSR count). The molecular formula is C10H20N2O. The van der Waals surface area contributed by atoms with Gasteiger partial charge in [0.2, 0.25) is 5.91 Å². The monoisotopic (exact) mass is 184 g/mol. The molecule has 3 nitrogen and oxygen atoms in total. The van der Waals surface area contributed by atoms with Crippen LogP contribution in [-0.2, 0) is 4.79 Å². The minimum Gasteiger partial charge on any atom is -0.346 e. The Balaban J connectivity index is 0. The van der Waals surface area contributed by atoms with E-state index in [0.717, 1.165) is 0 Å². The van der Waals surface area contributed by atoms with Crippen LogP contribution in [-0.4, -0.2) is 18.2 Å². The molecule has 0 saturated carbocycles. The molecular weight excluding hydrogens is 164 g/mol. The second-order valence-corrected chi connectivity index (χ2v) is 2.91. The fourth-order valence-electron chi connectivity index (χ4n) is 0.710. The van der Waals surface area contributed by atoms with Crippen LogP contribution in [0.3, 0.4) is 0 Å². The van der Waals surface area contributed by atoms with Crippen molar-refractivity contribution >= 4 is 12.6 Å². The van der Waals surface area contributed by atoms with Gasteiger partial charge in [-0.1, -0.05) is 20.4 Å². The molecule has 1 N–H and O–H groups in total. The van der Waals surface area contributed by atoms with Crippen molar-refractivity contribution in [2.45, 2.75) is 40.2 Å². The highest BCUT2D eigenvalue weighted by Crippen LogP contribution is 2.13. The van der Waals surface area contributed by atoms with Gasteiger partial charge in [-0.15, -0.1) is 0 Å². The fraction of sp³-hybridized carbons (Fsp3) is 0.600. The molecule has 3 heteroatoms. The molecule has 0 spiro atoms. The molecule has 0 aliphatic heterocycles. The van der Waals surface area contributed by atoms with E-state index in [4.69, 9.17) is 0 Å². The summed E-state index contributed by atoms with van der Waals surface area (Å²) in [5, 5.41) is 2.70. The van der Waals surface area contributed by atoms with Gasteiger partial charge in [-0.05, 0) is 20.6 Å². The highest BCUT2D eigenvalue weighted by Gasteiger charge is 2.21. The van der Waals surface area contributed by atoms with Crippen molar-refractivity contribution in [3.63, 3.8) is 0 Å². The molecule has 0 aromatic rings.